The minimum absolute atomic E-state index is 0.654. The van der Waals surface area contributed by atoms with E-state index >= 15 is 0 Å². The lowest BCUT2D eigenvalue weighted by atomic mass is 10.2. The fourth-order valence-corrected chi connectivity index (χ4v) is 1.91. The molecule has 0 N–H and O–H groups in total. The van der Waals surface area contributed by atoms with Gasteiger partial charge in [-0.15, -0.1) is 0 Å². The second kappa shape index (κ2) is 8.13. The van der Waals surface area contributed by atoms with Gasteiger partial charge in [0.1, 0.15) is 23.7 Å². The molecule has 0 saturated carbocycles. The number of hydrogen-bond acceptors (Lipinski definition) is 2. The first kappa shape index (κ1) is 15.3. The zero-order valence-electron chi connectivity index (χ0n) is 12.9. The fraction of sp³-hybridized carbons (Fsp3) is 0. The molecule has 0 aliphatic carbocycles. The Morgan fingerprint density at radius 2 is 0.833 bits per heavy atom. The lowest BCUT2D eigenvalue weighted by Crippen LogP contribution is -1.86. The third-order valence-corrected chi connectivity index (χ3v) is 3.10. The van der Waals surface area contributed by atoms with Crippen molar-refractivity contribution in [2.75, 3.05) is 0 Å². The van der Waals surface area contributed by atoms with E-state index in [9.17, 15) is 0 Å². The third-order valence-electron chi connectivity index (χ3n) is 3.10. The molecule has 2 heteroatoms. The zero-order valence-corrected chi connectivity index (χ0v) is 12.9. The van der Waals surface area contributed by atoms with Crippen molar-refractivity contribution in [3.05, 3.63) is 96.1 Å². The summed E-state index contributed by atoms with van der Waals surface area (Å²) in [5.41, 5.74) is 1.82. The number of ether oxygens (including phenoxy) is 2. The molecule has 3 aromatic rings. The SMILES string of the molecule is C(#Cc1ccccc1)Oc1ccc(OC#Cc2ccccc2)cc1. The van der Waals surface area contributed by atoms with Crippen LogP contribution in [0.25, 0.3) is 0 Å². The van der Waals surface area contributed by atoms with Gasteiger partial charge in [-0.2, -0.15) is 0 Å². The van der Waals surface area contributed by atoms with Crippen LogP contribution in [0.4, 0.5) is 0 Å². The third kappa shape index (κ3) is 4.70. The molecular weight excluding hydrogens is 296 g/mol. The van der Waals surface area contributed by atoms with Crippen molar-refractivity contribution in [2.24, 2.45) is 0 Å². The minimum Gasteiger partial charge on any atom is -0.407 e. The smallest absolute Gasteiger partial charge is 0.140 e. The standard InChI is InChI=1S/C22H14O2/c1-3-7-19(8-4-1)15-17-23-21-11-13-22(14-12-21)24-18-16-20-9-5-2-6-10-20/h1-14H. The molecule has 3 rings (SSSR count). The molecule has 0 aromatic heterocycles. The molecule has 0 aliphatic rings. The van der Waals surface area contributed by atoms with Crippen molar-refractivity contribution in [1.29, 1.82) is 0 Å². The van der Waals surface area contributed by atoms with Gasteiger partial charge < -0.3 is 9.47 Å². The summed E-state index contributed by atoms with van der Waals surface area (Å²) in [6.07, 6.45) is 5.37. The summed E-state index contributed by atoms with van der Waals surface area (Å²) in [6, 6.07) is 26.5. The van der Waals surface area contributed by atoms with E-state index < -0.39 is 0 Å². The maximum atomic E-state index is 5.39. The Morgan fingerprint density at radius 3 is 1.21 bits per heavy atom. The molecule has 0 aliphatic heterocycles. The molecule has 3 aromatic carbocycles. The molecule has 0 unspecified atom stereocenters. The van der Waals surface area contributed by atoms with Crippen LogP contribution in [0.3, 0.4) is 0 Å². The maximum Gasteiger partial charge on any atom is 0.140 e. The first-order chi connectivity index (χ1) is 11.9. The maximum absolute atomic E-state index is 5.39. The first-order valence-electron chi connectivity index (χ1n) is 7.46. The van der Waals surface area contributed by atoms with Crippen LogP contribution < -0.4 is 9.47 Å². The van der Waals surface area contributed by atoms with Crippen molar-refractivity contribution >= 4 is 0 Å². The minimum atomic E-state index is 0.654. The molecule has 0 spiro atoms. The van der Waals surface area contributed by atoms with Gasteiger partial charge >= 0.3 is 0 Å². The van der Waals surface area contributed by atoms with E-state index in [1.54, 1.807) is 24.3 Å². The van der Waals surface area contributed by atoms with Gasteiger partial charge in [0.2, 0.25) is 0 Å². The van der Waals surface area contributed by atoms with Crippen molar-refractivity contribution in [1.82, 2.24) is 0 Å². The lowest BCUT2D eigenvalue weighted by Gasteiger charge is -1.99. The van der Waals surface area contributed by atoms with E-state index in [0.717, 1.165) is 11.1 Å². The summed E-state index contributed by atoms with van der Waals surface area (Å²) >= 11 is 0. The quantitative estimate of drug-likeness (QED) is 0.651. The Labute approximate surface area is 141 Å². The summed E-state index contributed by atoms with van der Waals surface area (Å²) < 4.78 is 10.8. The van der Waals surface area contributed by atoms with Crippen molar-refractivity contribution in [3.8, 4) is 35.6 Å². The second-order valence-corrected chi connectivity index (χ2v) is 4.86. The van der Waals surface area contributed by atoms with Crippen LogP contribution in [0.5, 0.6) is 11.5 Å². The Morgan fingerprint density at radius 1 is 0.458 bits per heavy atom. The molecule has 0 bridgehead atoms. The largest absolute Gasteiger partial charge is 0.407 e. The van der Waals surface area contributed by atoms with E-state index in [1.807, 2.05) is 60.7 Å². The summed E-state index contributed by atoms with van der Waals surface area (Å²) in [4.78, 5) is 0. The van der Waals surface area contributed by atoms with E-state index in [0.29, 0.717) is 11.5 Å². The molecule has 0 radical (unpaired) electrons. The van der Waals surface area contributed by atoms with Gasteiger partial charge in [-0.05, 0) is 60.4 Å². The average Bonchev–Trinajstić information content (AvgIpc) is 2.65. The van der Waals surface area contributed by atoms with Crippen molar-refractivity contribution in [2.45, 2.75) is 0 Å². The molecule has 0 amide bonds. The topological polar surface area (TPSA) is 18.5 Å². The molecule has 0 atom stereocenters. The van der Waals surface area contributed by atoms with Crippen LogP contribution in [0.1, 0.15) is 11.1 Å². The predicted octanol–water partition coefficient (Wildman–Crippen LogP) is 4.46. The molecule has 0 fully saturated rings. The van der Waals surface area contributed by atoms with E-state index in [1.165, 1.54) is 0 Å². The number of hydrogen-bond donors (Lipinski definition) is 0. The Balaban J connectivity index is 1.56. The summed E-state index contributed by atoms with van der Waals surface area (Å²) in [5, 5.41) is 0. The number of rotatable bonds is 2. The van der Waals surface area contributed by atoms with Crippen molar-refractivity contribution in [3.63, 3.8) is 0 Å². The molecule has 24 heavy (non-hydrogen) atoms. The highest BCUT2D eigenvalue weighted by molar-refractivity contribution is 5.37. The van der Waals surface area contributed by atoms with E-state index in [2.05, 4.69) is 24.1 Å². The van der Waals surface area contributed by atoms with E-state index in [-0.39, 0.29) is 0 Å². The van der Waals surface area contributed by atoms with Crippen LogP contribution in [-0.2, 0) is 0 Å². The van der Waals surface area contributed by atoms with Gasteiger partial charge in [0.15, 0.2) is 0 Å². The van der Waals surface area contributed by atoms with Gasteiger partial charge in [0.25, 0.3) is 0 Å². The Hall–Kier alpha value is -3.62. The molecule has 0 heterocycles. The van der Waals surface area contributed by atoms with Crippen LogP contribution in [0, 0.1) is 24.1 Å². The fourth-order valence-electron chi connectivity index (χ4n) is 1.91. The van der Waals surface area contributed by atoms with Crippen molar-refractivity contribution < 1.29 is 9.47 Å². The van der Waals surface area contributed by atoms with Gasteiger partial charge in [-0.25, -0.2) is 0 Å². The van der Waals surface area contributed by atoms with Crippen LogP contribution in [0.15, 0.2) is 84.9 Å². The zero-order chi connectivity index (χ0) is 16.5. The molecule has 114 valence electrons. The van der Waals surface area contributed by atoms with Gasteiger partial charge in [0, 0.05) is 11.1 Å². The van der Waals surface area contributed by atoms with Crippen LogP contribution in [0.2, 0.25) is 0 Å². The van der Waals surface area contributed by atoms with Gasteiger partial charge in [-0.3, -0.25) is 0 Å². The van der Waals surface area contributed by atoms with Gasteiger partial charge in [0.05, 0.1) is 0 Å². The second-order valence-electron chi connectivity index (χ2n) is 4.86. The summed E-state index contributed by atoms with van der Waals surface area (Å²) in [6.45, 7) is 0. The van der Waals surface area contributed by atoms with Crippen LogP contribution in [-0.4, -0.2) is 0 Å². The monoisotopic (exact) mass is 310 g/mol. The van der Waals surface area contributed by atoms with E-state index in [4.69, 9.17) is 9.47 Å². The average molecular weight is 310 g/mol. The normalized spacial score (nSPS) is 9.00. The van der Waals surface area contributed by atoms with Crippen LogP contribution >= 0.6 is 0 Å². The molecule has 0 saturated heterocycles. The first-order valence-corrected chi connectivity index (χ1v) is 7.46. The Kier molecular flexibility index (Phi) is 5.18. The highest BCUT2D eigenvalue weighted by Crippen LogP contribution is 2.17. The molecular formula is C22H14O2. The molecule has 2 nitrogen and oxygen atoms in total. The van der Waals surface area contributed by atoms with Gasteiger partial charge in [-0.1, -0.05) is 36.4 Å². The highest BCUT2D eigenvalue weighted by Gasteiger charge is 1.94. The lowest BCUT2D eigenvalue weighted by molar-refractivity contribution is 0.505. The predicted molar refractivity (Wildman–Crippen MR) is 94.3 cm³/mol. The number of benzene rings is 3. The summed E-state index contributed by atoms with van der Waals surface area (Å²) in [5.74, 6) is 7.18. The summed E-state index contributed by atoms with van der Waals surface area (Å²) in [7, 11) is 0. The highest BCUT2D eigenvalue weighted by atomic mass is 16.5. The Bertz CT molecular complexity index is 812.